The minimum Gasteiger partial charge on any atom is -0.493 e. The molecule has 0 aliphatic carbocycles. The largest absolute Gasteiger partial charge is 0.493 e. The van der Waals surface area contributed by atoms with Crippen molar-refractivity contribution >= 4 is 29.1 Å². The summed E-state index contributed by atoms with van der Waals surface area (Å²) in [6.45, 7) is 0.262. The number of hydrogen-bond donors (Lipinski definition) is 1. The highest BCUT2D eigenvalue weighted by atomic mass is 35.5. The van der Waals surface area contributed by atoms with Gasteiger partial charge in [-0.3, -0.25) is 4.79 Å². The molecule has 0 heterocycles. The van der Waals surface area contributed by atoms with E-state index in [0.29, 0.717) is 27.8 Å². The molecule has 2 aromatic rings. The normalized spacial score (nSPS) is 10.2. The molecule has 128 valence electrons. The van der Waals surface area contributed by atoms with Crippen LogP contribution in [0, 0.1) is 0 Å². The van der Waals surface area contributed by atoms with E-state index in [4.69, 9.17) is 37.4 Å². The summed E-state index contributed by atoms with van der Waals surface area (Å²) in [6.07, 6.45) is 0. The molecular formula is C17H17Cl2NO4. The Morgan fingerprint density at radius 3 is 2.21 bits per heavy atom. The van der Waals surface area contributed by atoms with Gasteiger partial charge in [-0.15, -0.1) is 0 Å². The highest BCUT2D eigenvalue weighted by Gasteiger charge is 2.15. The van der Waals surface area contributed by atoms with E-state index in [9.17, 15) is 4.79 Å². The summed E-state index contributed by atoms with van der Waals surface area (Å²) < 4.78 is 15.8. The second-order valence-electron chi connectivity index (χ2n) is 4.82. The van der Waals surface area contributed by atoms with E-state index >= 15 is 0 Å². The quantitative estimate of drug-likeness (QED) is 0.837. The number of halogens is 2. The van der Waals surface area contributed by atoms with Crippen LogP contribution in [0.25, 0.3) is 0 Å². The van der Waals surface area contributed by atoms with E-state index in [1.165, 1.54) is 21.3 Å². The third-order valence-electron chi connectivity index (χ3n) is 3.37. The number of carbonyl (C=O) groups is 1. The number of hydrogen-bond acceptors (Lipinski definition) is 4. The number of benzene rings is 2. The van der Waals surface area contributed by atoms with Crippen molar-refractivity contribution in [3.63, 3.8) is 0 Å². The van der Waals surface area contributed by atoms with Gasteiger partial charge in [0.2, 0.25) is 5.75 Å². The van der Waals surface area contributed by atoms with Gasteiger partial charge >= 0.3 is 0 Å². The molecule has 2 rings (SSSR count). The molecule has 0 aromatic heterocycles. The Balaban J connectivity index is 2.20. The molecule has 1 amide bonds. The predicted octanol–water partition coefficient (Wildman–Crippen LogP) is 3.95. The van der Waals surface area contributed by atoms with Gasteiger partial charge in [0.15, 0.2) is 11.5 Å². The van der Waals surface area contributed by atoms with Crippen LogP contribution in [0.15, 0.2) is 30.3 Å². The van der Waals surface area contributed by atoms with E-state index in [0.717, 1.165) is 5.56 Å². The maximum atomic E-state index is 12.3. The van der Waals surface area contributed by atoms with E-state index < -0.39 is 0 Å². The van der Waals surface area contributed by atoms with Crippen molar-refractivity contribution in [2.45, 2.75) is 6.54 Å². The maximum absolute atomic E-state index is 12.3. The Morgan fingerprint density at radius 2 is 1.67 bits per heavy atom. The van der Waals surface area contributed by atoms with Crippen molar-refractivity contribution in [1.82, 2.24) is 5.32 Å². The fourth-order valence-corrected chi connectivity index (χ4v) is 2.58. The van der Waals surface area contributed by atoms with Crippen molar-refractivity contribution in [3.8, 4) is 17.2 Å². The van der Waals surface area contributed by atoms with Crippen LogP contribution in [-0.4, -0.2) is 27.2 Å². The van der Waals surface area contributed by atoms with Crippen LogP contribution in [-0.2, 0) is 6.54 Å². The third-order valence-corrected chi connectivity index (χ3v) is 4.19. The molecule has 0 unspecified atom stereocenters. The second kappa shape index (κ2) is 8.13. The van der Waals surface area contributed by atoms with Crippen molar-refractivity contribution in [2.24, 2.45) is 0 Å². The van der Waals surface area contributed by atoms with Crippen molar-refractivity contribution in [2.75, 3.05) is 21.3 Å². The molecule has 0 aliphatic heterocycles. The number of amides is 1. The van der Waals surface area contributed by atoms with Gasteiger partial charge in [-0.1, -0.05) is 29.3 Å². The maximum Gasteiger partial charge on any atom is 0.253 e. The summed E-state index contributed by atoms with van der Waals surface area (Å²) in [5.41, 5.74) is 1.10. The van der Waals surface area contributed by atoms with Crippen LogP contribution in [0.5, 0.6) is 17.2 Å². The number of nitrogens with one attached hydrogen (secondary N) is 1. The Labute approximate surface area is 150 Å². The Morgan fingerprint density at radius 1 is 1.04 bits per heavy atom. The lowest BCUT2D eigenvalue weighted by atomic mass is 10.1. The first-order valence-electron chi connectivity index (χ1n) is 7.03. The Hall–Kier alpha value is -2.11. The van der Waals surface area contributed by atoms with E-state index in [1.54, 1.807) is 30.3 Å². The fraction of sp³-hybridized carbons (Fsp3) is 0.235. The zero-order chi connectivity index (χ0) is 17.7. The lowest BCUT2D eigenvalue weighted by Gasteiger charge is -2.14. The van der Waals surface area contributed by atoms with Gasteiger partial charge in [0.05, 0.1) is 36.9 Å². The molecule has 2 aromatic carbocycles. The second-order valence-corrected chi connectivity index (χ2v) is 5.60. The molecule has 0 spiro atoms. The molecule has 0 saturated heterocycles. The zero-order valence-corrected chi connectivity index (χ0v) is 15.0. The van der Waals surface area contributed by atoms with Gasteiger partial charge in [-0.05, 0) is 29.8 Å². The van der Waals surface area contributed by atoms with Crippen LogP contribution < -0.4 is 19.5 Å². The molecule has 0 saturated carbocycles. The smallest absolute Gasteiger partial charge is 0.253 e. The predicted molar refractivity (Wildman–Crippen MR) is 93.7 cm³/mol. The van der Waals surface area contributed by atoms with Crippen molar-refractivity contribution < 1.29 is 19.0 Å². The monoisotopic (exact) mass is 369 g/mol. The molecule has 24 heavy (non-hydrogen) atoms. The van der Waals surface area contributed by atoms with Gasteiger partial charge in [0.1, 0.15) is 0 Å². The van der Waals surface area contributed by atoms with Crippen molar-refractivity contribution in [3.05, 3.63) is 51.5 Å². The minimum atomic E-state index is -0.323. The Kier molecular flexibility index (Phi) is 6.17. The molecule has 0 radical (unpaired) electrons. The lowest BCUT2D eigenvalue weighted by Crippen LogP contribution is -2.23. The molecule has 0 aliphatic rings. The van der Waals surface area contributed by atoms with Gasteiger partial charge in [0, 0.05) is 6.54 Å². The van der Waals surface area contributed by atoms with Gasteiger partial charge in [0.25, 0.3) is 5.91 Å². The minimum absolute atomic E-state index is 0.224. The molecule has 5 nitrogen and oxygen atoms in total. The Bertz CT molecular complexity index is 724. The molecule has 0 bridgehead atoms. The van der Waals surface area contributed by atoms with Gasteiger partial charge < -0.3 is 19.5 Å². The molecule has 0 fully saturated rings. The summed E-state index contributed by atoms with van der Waals surface area (Å²) in [6, 6.07) is 8.43. The van der Waals surface area contributed by atoms with Crippen LogP contribution >= 0.6 is 23.2 Å². The average molecular weight is 370 g/mol. The van der Waals surface area contributed by atoms with E-state index in [-0.39, 0.29) is 17.5 Å². The summed E-state index contributed by atoms with van der Waals surface area (Å²) in [7, 11) is 4.60. The average Bonchev–Trinajstić information content (AvgIpc) is 2.60. The third kappa shape index (κ3) is 3.86. The summed E-state index contributed by atoms with van der Waals surface area (Å²) >= 11 is 12.0. The number of carbonyl (C=O) groups excluding carboxylic acids is 1. The SMILES string of the molecule is COc1cc(CNC(=O)c2cccc(Cl)c2Cl)cc(OC)c1OC. The first kappa shape index (κ1) is 18.2. The van der Waals surface area contributed by atoms with Crippen LogP contribution in [0.1, 0.15) is 15.9 Å². The fourth-order valence-electron chi connectivity index (χ4n) is 2.19. The molecule has 0 atom stereocenters. The van der Waals surface area contributed by atoms with Crippen LogP contribution in [0.2, 0.25) is 10.0 Å². The summed E-state index contributed by atoms with van der Waals surface area (Å²) in [4.78, 5) is 12.3. The highest BCUT2D eigenvalue weighted by Crippen LogP contribution is 2.38. The van der Waals surface area contributed by atoms with Crippen LogP contribution in [0.3, 0.4) is 0 Å². The van der Waals surface area contributed by atoms with Gasteiger partial charge in [-0.2, -0.15) is 0 Å². The first-order chi connectivity index (χ1) is 11.5. The number of rotatable bonds is 6. The van der Waals surface area contributed by atoms with Crippen LogP contribution in [0.4, 0.5) is 0 Å². The van der Waals surface area contributed by atoms with Crippen molar-refractivity contribution in [1.29, 1.82) is 0 Å². The highest BCUT2D eigenvalue weighted by molar-refractivity contribution is 6.43. The molecule has 7 heteroatoms. The topological polar surface area (TPSA) is 56.8 Å². The number of ether oxygens (including phenoxy) is 3. The molecule has 1 N–H and O–H groups in total. The van der Waals surface area contributed by atoms with E-state index in [1.807, 2.05) is 0 Å². The lowest BCUT2D eigenvalue weighted by molar-refractivity contribution is 0.0951. The summed E-state index contributed by atoms with van der Waals surface area (Å²) in [5, 5.41) is 3.34. The van der Waals surface area contributed by atoms with Gasteiger partial charge in [-0.25, -0.2) is 0 Å². The standard InChI is InChI=1S/C17H17Cl2NO4/c1-22-13-7-10(8-14(23-2)16(13)24-3)9-20-17(21)11-5-4-6-12(18)15(11)19/h4-8H,9H2,1-3H3,(H,20,21). The first-order valence-corrected chi connectivity index (χ1v) is 7.78. The summed E-state index contributed by atoms with van der Waals surface area (Å²) in [5.74, 6) is 1.20. The zero-order valence-electron chi connectivity index (χ0n) is 13.5. The van der Waals surface area contributed by atoms with E-state index in [2.05, 4.69) is 5.32 Å². The molecular weight excluding hydrogens is 353 g/mol. The number of methoxy groups -OCH3 is 3.